The zero-order valence-corrected chi connectivity index (χ0v) is 10.7. The molecule has 0 radical (unpaired) electrons. The van der Waals surface area contributed by atoms with Crippen molar-refractivity contribution in [1.82, 2.24) is 14.8 Å². The Morgan fingerprint density at radius 3 is 2.95 bits per heavy atom. The molecule has 0 aliphatic carbocycles. The first-order valence-corrected chi connectivity index (χ1v) is 5.96. The lowest BCUT2D eigenvalue weighted by Crippen LogP contribution is -1.99. The van der Waals surface area contributed by atoms with Crippen LogP contribution in [-0.2, 0) is 13.6 Å². The normalized spacial score (nSPS) is 11.3. The molecule has 2 aromatic heterocycles. The Morgan fingerprint density at radius 2 is 2.26 bits per heavy atom. The van der Waals surface area contributed by atoms with Crippen molar-refractivity contribution in [2.24, 2.45) is 12.8 Å². The molecular formula is C13H14N4O2. The van der Waals surface area contributed by atoms with Crippen molar-refractivity contribution >= 4 is 11.1 Å². The Kier molecular flexibility index (Phi) is 2.53. The number of oxazole rings is 1. The van der Waals surface area contributed by atoms with E-state index in [-0.39, 0.29) is 0 Å². The Morgan fingerprint density at radius 1 is 1.47 bits per heavy atom. The van der Waals surface area contributed by atoms with Gasteiger partial charge in [0.1, 0.15) is 0 Å². The molecule has 3 aromatic rings. The van der Waals surface area contributed by atoms with Crippen molar-refractivity contribution in [1.29, 1.82) is 0 Å². The molecule has 0 saturated heterocycles. The Hall–Kier alpha value is -2.34. The minimum absolute atomic E-state index is 0.404. The smallest absolute Gasteiger partial charge is 0.408 e. The molecule has 0 aliphatic heterocycles. The summed E-state index contributed by atoms with van der Waals surface area (Å²) in [5, 5.41) is 4.38. The van der Waals surface area contributed by atoms with Gasteiger partial charge in [0.15, 0.2) is 5.58 Å². The lowest BCUT2D eigenvalue weighted by Gasteiger charge is -2.03. The van der Waals surface area contributed by atoms with Crippen molar-refractivity contribution in [3.8, 4) is 11.3 Å². The van der Waals surface area contributed by atoms with E-state index in [1.807, 2.05) is 32.2 Å². The number of fused-ring (bicyclic) bond motifs is 1. The van der Waals surface area contributed by atoms with Gasteiger partial charge in [-0.1, -0.05) is 6.07 Å². The van der Waals surface area contributed by atoms with Crippen LogP contribution >= 0.6 is 0 Å². The summed E-state index contributed by atoms with van der Waals surface area (Å²) in [6.45, 7) is 2.39. The topological polar surface area (TPSA) is 89.8 Å². The molecule has 2 heterocycles. The van der Waals surface area contributed by atoms with Gasteiger partial charge in [0.25, 0.3) is 0 Å². The van der Waals surface area contributed by atoms with E-state index in [9.17, 15) is 4.79 Å². The van der Waals surface area contributed by atoms with Crippen LogP contribution in [0, 0.1) is 6.92 Å². The van der Waals surface area contributed by atoms with Gasteiger partial charge >= 0.3 is 5.76 Å². The summed E-state index contributed by atoms with van der Waals surface area (Å²) in [4.78, 5) is 13.8. The molecule has 3 N–H and O–H groups in total. The van der Waals surface area contributed by atoms with Crippen LogP contribution in [0.3, 0.4) is 0 Å². The Labute approximate surface area is 108 Å². The van der Waals surface area contributed by atoms with Crippen LogP contribution in [-0.4, -0.2) is 14.8 Å². The van der Waals surface area contributed by atoms with Gasteiger partial charge in [0.05, 0.1) is 16.9 Å². The Bertz CT molecular complexity index is 810. The number of H-pyrrole nitrogens is 1. The van der Waals surface area contributed by atoms with Crippen LogP contribution in [0.5, 0.6) is 0 Å². The van der Waals surface area contributed by atoms with Crippen LogP contribution in [0.25, 0.3) is 22.4 Å². The summed E-state index contributed by atoms with van der Waals surface area (Å²) in [6.07, 6.45) is 0. The maximum Gasteiger partial charge on any atom is 0.417 e. The predicted octanol–water partition coefficient (Wildman–Crippen LogP) is 1.29. The molecule has 98 valence electrons. The van der Waals surface area contributed by atoms with Crippen molar-refractivity contribution in [2.45, 2.75) is 13.5 Å². The van der Waals surface area contributed by atoms with Crippen LogP contribution < -0.4 is 11.5 Å². The van der Waals surface area contributed by atoms with E-state index in [4.69, 9.17) is 10.2 Å². The third-order valence-corrected chi connectivity index (χ3v) is 3.27. The van der Waals surface area contributed by atoms with E-state index < -0.39 is 5.76 Å². The number of aromatic nitrogens is 3. The first-order valence-electron chi connectivity index (χ1n) is 5.96. The molecule has 0 fully saturated rings. The van der Waals surface area contributed by atoms with Crippen LogP contribution in [0.15, 0.2) is 27.4 Å². The van der Waals surface area contributed by atoms with E-state index in [1.165, 1.54) is 0 Å². The largest absolute Gasteiger partial charge is 0.417 e. The van der Waals surface area contributed by atoms with Crippen molar-refractivity contribution < 1.29 is 4.42 Å². The zero-order valence-electron chi connectivity index (χ0n) is 10.7. The fourth-order valence-electron chi connectivity index (χ4n) is 2.38. The first-order chi connectivity index (χ1) is 9.10. The van der Waals surface area contributed by atoms with Crippen LogP contribution in [0.2, 0.25) is 0 Å². The number of nitrogens with one attached hydrogen (secondary N) is 1. The molecule has 0 bridgehead atoms. The van der Waals surface area contributed by atoms with Crippen molar-refractivity contribution in [3.05, 3.63) is 40.0 Å². The van der Waals surface area contributed by atoms with E-state index in [0.29, 0.717) is 17.6 Å². The maximum atomic E-state index is 11.2. The number of hydrogen-bond donors (Lipinski definition) is 2. The quantitative estimate of drug-likeness (QED) is 0.724. The average Bonchev–Trinajstić information content (AvgIpc) is 2.87. The third-order valence-electron chi connectivity index (χ3n) is 3.27. The van der Waals surface area contributed by atoms with E-state index in [0.717, 1.165) is 22.5 Å². The third kappa shape index (κ3) is 1.77. The molecule has 0 spiro atoms. The summed E-state index contributed by atoms with van der Waals surface area (Å²) in [7, 11) is 1.87. The van der Waals surface area contributed by atoms with Gasteiger partial charge in [0.2, 0.25) is 0 Å². The van der Waals surface area contributed by atoms with Gasteiger partial charge in [-0.25, -0.2) is 4.79 Å². The van der Waals surface area contributed by atoms with Gasteiger partial charge in [-0.3, -0.25) is 9.67 Å². The number of aryl methyl sites for hydroxylation is 1. The molecule has 6 heteroatoms. The summed E-state index contributed by atoms with van der Waals surface area (Å²) >= 11 is 0. The van der Waals surface area contributed by atoms with E-state index >= 15 is 0 Å². The second-order valence-electron chi connectivity index (χ2n) is 4.47. The summed E-state index contributed by atoms with van der Waals surface area (Å²) in [5.41, 5.74) is 10.7. The monoisotopic (exact) mass is 258 g/mol. The van der Waals surface area contributed by atoms with Gasteiger partial charge < -0.3 is 10.2 Å². The second kappa shape index (κ2) is 4.10. The molecular weight excluding hydrogens is 244 g/mol. The highest BCUT2D eigenvalue weighted by Crippen LogP contribution is 2.27. The zero-order chi connectivity index (χ0) is 13.6. The Balaban J connectivity index is 2.23. The highest BCUT2D eigenvalue weighted by molar-refractivity contribution is 5.80. The lowest BCUT2D eigenvalue weighted by molar-refractivity contribution is 0.555. The van der Waals surface area contributed by atoms with E-state index in [2.05, 4.69) is 10.1 Å². The number of rotatable bonds is 2. The molecule has 1 aromatic carbocycles. The van der Waals surface area contributed by atoms with Crippen molar-refractivity contribution in [2.75, 3.05) is 0 Å². The number of nitrogens with two attached hydrogens (primary N) is 1. The van der Waals surface area contributed by atoms with Crippen LogP contribution in [0.4, 0.5) is 0 Å². The number of aromatic amines is 1. The fraction of sp³-hybridized carbons (Fsp3) is 0.231. The molecule has 0 unspecified atom stereocenters. The first kappa shape index (κ1) is 11.7. The second-order valence-corrected chi connectivity index (χ2v) is 4.47. The molecule has 0 amide bonds. The SMILES string of the molecule is Cc1c(CN)nn(C)c1-c1ccc2[nH]c(=O)oc2c1. The molecule has 0 saturated carbocycles. The number of benzene rings is 1. The summed E-state index contributed by atoms with van der Waals surface area (Å²) in [5.74, 6) is -0.448. The molecule has 6 nitrogen and oxygen atoms in total. The van der Waals surface area contributed by atoms with Gasteiger partial charge in [0, 0.05) is 19.2 Å². The number of nitrogens with zero attached hydrogens (tertiary/aromatic N) is 2. The van der Waals surface area contributed by atoms with Gasteiger partial charge in [-0.15, -0.1) is 0 Å². The highest BCUT2D eigenvalue weighted by atomic mass is 16.4. The van der Waals surface area contributed by atoms with Gasteiger partial charge in [-0.2, -0.15) is 5.10 Å². The van der Waals surface area contributed by atoms with Crippen molar-refractivity contribution in [3.63, 3.8) is 0 Å². The minimum atomic E-state index is -0.448. The minimum Gasteiger partial charge on any atom is -0.408 e. The molecule has 0 atom stereocenters. The number of hydrogen-bond acceptors (Lipinski definition) is 4. The standard InChI is InChI=1S/C13H14N4O2/c1-7-10(6-14)16-17(2)12(7)8-3-4-9-11(5-8)19-13(18)15-9/h3-5H,6,14H2,1-2H3,(H,15,18). The predicted molar refractivity (Wildman–Crippen MR) is 71.7 cm³/mol. The van der Waals surface area contributed by atoms with E-state index in [1.54, 1.807) is 4.68 Å². The van der Waals surface area contributed by atoms with Gasteiger partial charge in [-0.05, 0) is 24.6 Å². The molecule has 3 rings (SSSR count). The summed E-state index contributed by atoms with van der Waals surface area (Å²) in [6, 6.07) is 5.58. The summed E-state index contributed by atoms with van der Waals surface area (Å²) < 4.78 is 6.87. The average molecular weight is 258 g/mol. The lowest BCUT2D eigenvalue weighted by atomic mass is 10.1. The molecule has 19 heavy (non-hydrogen) atoms. The maximum absolute atomic E-state index is 11.2. The fourth-order valence-corrected chi connectivity index (χ4v) is 2.38. The van der Waals surface area contributed by atoms with Crippen LogP contribution in [0.1, 0.15) is 11.3 Å². The molecule has 0 aliphatic rings. The highest BCUT2D eigenvalue weighted by Gasteiger charge is 2.14.